The highest BCUT2D eigenvalue weighted by Gasteiger charge is 2.26. The van der Waals surface area contributed by atoms with Gasteiger partial charge >= 0.3 is 5.97 Å². The Labute approximate surface area is 200 Å². The summed E-state index contributed by atoms with van der Waals surface area (Å²) in [6, 6.07) is 23.8. The van der Waals surface area contributed by atoms with E-state index >= 15 is 0 Å². The number of carbonyl (C=O) groups excluding carboxylic acids is 2. The first-order chi connectivity index (χ1) is 16.4. The molecule has 34 heavy (non-hydrogen) atoms. The summed E-state index contributed by atoms with van der Waals surface area (Å²) in [5, 5.41) is 2.76. The van der Waals surface area contributed by atoms with Crippen molar-refractivity contribution in [3.8, 4) is 0 Å². The lowest BCUT2D eigenvalue weighted by atomic mass is 10.2. The summed E-state index contributed by atoms with van der Waals surface area (Å²) in [6.45, 7) is 4.01. The highest BCUT2D eigenvalue weighted by molar-refractivity contribution is 7.92. The first-order valence-corrected chi connectivity index (χ1v) is 12.5. The van der Waals surface area contributed by atoms with Gasteiger partial charge in [0.1, 0.15) is 0 Å². The van der Waals surface area contributed by atoms with Crippen LogP contribution in [0.25, 0.3) is 0 Å². The standard InChI is InChI=1S/C26H28N2O5S/c1-3-24(25(29)27-19-20-12-7-5-8-13-20)33-26(30)21-14-11-17-23(18-21)34(31,32)28(4-2)22-15-9-6-10-16-22/h5-18,24H,3-4,19H2,1-2H3,(H,27,29). The smallest absolute Gasteiger partial charge is 0.338 e. The van der Waals surface area contributed by atoms with Gasteiger partial charge in [-0.1, -0.05) is 61.5 Å². The second-order valence-electron chi connectivity index (χ2n) is 7.54. The van der Waals surface area contributed by atoms with Gasteiger partial charge < -0.3 is 10.1 Å². The van der Waals surface area contributed by atoms with E-state index in [1.54, 1.807) is 44.2 Å². The van der Waals surface area contributed by atoms with Gasteiger partial charge in [-0.2, -0.15) is 0 Å². The number of benzene rings is 3. The lowest BCUT2D eigenvalue weighted by Gasteiger charge is -2.23. The summed E-state index contributed by atoms with van der Waals surface area (Å²) in [5.41, 5.74) is 1.51. The normalized spacial score (nSPS) is 11.9. The van der Waals surface area contributed by atoms with Gasteiger partial charge in [0.15, 0.2) is 6.10 Å². The number of nitrogens with one attached hydrogen (secondary N) is 1. The van der Waals surface area contributed by atoms with Crippen LogP contribution in [-0.4, -0.2) is 32.9 Å². The lowest BCUT2D eigenvalue weighted by Crippen LogP contribution is -2.37. The molecule has 3 rings (SSSR count). The number of carbonyl (C=O) groups is 2. The summed E-state index contributed by atoms with van der Waals surface area (Å²) < 4.78 is 33.2. The Hall–Kier alpha value is -3.65. The molecule has 0 bridgehead atoms. The molecule has 0 aliphatic heterocycles. The van der Waals surface area contributed by atoms with Gasteiger partial charge in [0, 0.05) is 13.1 Å². The Morgan fingerprint density at radius 1 is 0.912 bits per heavy atom. The molecule has 7 nitrogen and oxygen atoms in total. The van der Waals surface area contributed by atoms with Crippen molar-refractivity contribution in [1.29, 1.82) is 0 Å². The first kappa shape index (κ1) is 25.0. The van der Waals surface area contributed by atoms with E-state index in [2.05, 4.69) is 5.32 Å². The molecule has 178 valence electrons. The molecule has 3 aromatic rings. The third kappa shape index (κ3) is 6.02. The van der Waals surface area contributed by atoms with Crippen LogP contribution < -0.4 is 9.62 Å². The van der Waals surface area contributed by atoms with E-state index < -0.39 is 28.0 Å². The lowest BCUT2D eigenvalue weighted by molar-refractivity contribution is -0.130. The number of sulfonamides is 1. The quantitative estimate of drug-likeness (QED) is 0.440. The number of para-hydroxylation sites is 1. The molecule has 0 aliphatic carbocycles. The molecule has 0 spiro atoms. The van der Waals surface area contributed by atoms with E-state index in [4.69, 9.17) is 4.74 Å². The summed E-state index contributed by atoms with van der Waals surface area (Å²) in [7, 11) is -3.90. The number of nitrogens with zero attached hydrogens (tertiary/aromatic N) is 1. The summed E-state index contributed by atoms with van der Waals surface area (Å²) in [4.78, 5) is 25.3. The minimum Gasteiger partial charge on any atom is -0.449 e. The van der Waals surface area contributed by atoms with E-state index in [1.165, 1.54) is 28.6 Å². The van der Waals surface area contributed by atoms with Gasteiger partial charge in [0.05, 0.1) is 16.1 Å². The Kier molecular flexibility index (Phi) is 8.43. The number of ether oxygens (including phenoxy) is 1. The molecule has 1 atom stereocenters. The van der Waals surface area contributed by atoms with Crippen molar-refractivity contribution < 1.29 is 22.7 Å². The molecule has 0 heterocycles. The van der Waals surface area contributed by atoms with Crippen LogP contribution in [0.1, 0.15) is 36.2 Å². The number of hydrogen-bond donors (Lipinski definition) is 1. The second kappa shape index (κ2) is 11.5. The molecular formula is C26H28N2O5S. The topological polar surface area (TPSA) is 92.8 Å². The number of anilines is 1. The average Bonchev–Trinajstić information content (AvgIpc) is 2.87. The van der Waals surface area contributed by atoms with Crippen LogP contribution in [0.3, 0.4) is 0 Å². The molecular weight excluding hydrogens is 452 g/mol. The number of amides is 1. The predicted octanol–water partition coefficient (Wildman–Crippen LogP) is 4.15. The predicted molar refractivity (Wildman–Crippen MR) is 131 cm³/mol. The molecule has 8 heteroatoms. The summed E-state index contributed by atoms with van der Waals surface area (Å²) >= 11 is 0. The van der Waals surface area contributed by atoms with E-state index in [-0.39, 0.29) is 23.4 Å². The molecule has 1 N–H and O–H groups in total. The fourth-order valence-electron chi connectivity index (χ4n) is 3.41. The molecule has 1 amide bonds. The van der Waals surface area contributed by atoms with Crippen molar-refractivity contribution in [2.24, 2.45) is 0 Å². The first-order valence-electron chi connectivity index (χ1n) is 11.1. The molecule has 1 unspecified atom stereocenters. The number of rotatable bonds is 10. The van der Waals surface area contributed by atoms with Crippen molar-refractivity contribution in [1.82, 2.24) is 5.32 Å². The molecule has 0 saturated carbocycles. The van der Waals surface area contributed by atoms with Gasteiger partial charge in [-0.15, -0.1) is 0 Å². The van der Waals surface area contributed by atoms with Crippen LogP contribution in [0.15, 0.2) is 89.8 Å². The van der Waals surface area contributed by atoms with Gasteiger partial charge in [0.2, 0.25) is 0 Å². The van der Waals surface area contributed by atoms with Crippen molar-refractivity contribution in [3.05, 3.63) is 96.1 Å². The zero-order valence-electron chi connectivity index (χ0n) is 19.2. The Balaban J connectivity index is 1.73. The van der Waals surface area contributed by atoms with E-state index in [0.717, 1.165) is 5.56 Å². The maximum atomic E-state index is 13.3. The van der Waals surface area contributed by atoms with Crippen molar-refractivity contribution >= 4 is 27.6 Å². The van der Waals surface area contributed by atoms with Crippen molar-refractivity contribution in [2.75, 3.05) is 10.8 Å². The van der Waals surface area contributed by atoms with Gasteiger partial charge in [-0.25, -0.2) is 13.2 Å². The van der Waals surface area contributed by atoms with Crippen molar-refractivity contribution in [3.63, 3.8) is 0 Å². The fraction of sp³-hybridized carbons (Fsp3) is 0.231. The van der Waals surface area contributed by atoms with Crippen molar-refractivity contribution in [2.45, 2.75) is 37.8 Å². The molecule has 0 aromatic heterocycles. The van der Waals surface area contributed by atoms with E-state index in [1.807, 2.05) is 30.3 Å². The third-order valence-electron chi connectivity index (χ3n) is 5.21. The minimum atomic E-state index is -3.90. The molecule has 0 saturated heterocycles. The van der Waals surface area contributed by atoms with Gasteiger partial charge in [-0.05, 0) is 49.2 Å². The van der Waals surface area contributed by atoms with Crippen LogP contribution in [0.5, 0.6) is 0 Å². The van der Waals surface area contributed by atoms with Crippen LogP contribution in [-0.2, 0) is 26.1 Å². The van der Waals surface area contributed by atoms with Gasteiger partial charge in [-0.3, -0.25) is 9.10 Å². The molecule has 0 aliphatic rings. The number of hydrogen-bond acceptors (Lipinski definition) is 5. The zero-order valence-corrected chi connectivity index (χ0v) is 20.0. The maximum Gasteiger partial charge on any atom is 0.338 e. The van der Waals surface area contributed by atoms with E-state index in [0.29, 0.717) is 12.2 Å². The Morgan fingerprint density at radius 3 is 2.18 bits per heavy atom. The largest absolute Gasteiger partial charge is 0.449 e. The Bertz CT molecular complexity index is 1210. The highest BCUT2D eigenvalue weighted by Crippen LogP contribution is 2.24. The maximum absolute atomic E-state index is 13.3. The molecule has 3 aromatic carbocycles. The van der Waals surface area contributed by atoms with Gasteiger partial charge in [0.25, 0.3) is 15.9 Å². The average molecular weight is 481 g/mol. The summed E-state index contributed by atoms with van der Waals surface area (Å²) in [5.74, 6) is -1.17. The van der Waals surface area contributed by atoms with Crippen LogP contribution >= 0.6 is 0 Å². The Morgan fingerprint density at radius 2 is 1.56 bits per heavy atom. The van der Waals surface area contributed by atoms with Crippen LogP contribution in [0, 0.1) is 0 Å². The van der Waals surface area contributed by atoms with Crippen LogP contribution in [0.4, 0.5) is 5.69 Å². The highest BCUT2D eigenvalue weighted by atomic mass is 32.2. The van der Waals surface area contributed by atoms with Crippen LogP contribution in [0.2, 0.25) is 0 Å². The molecule has 0 radical (unpaired) electrons. The molecule has 0 fully saturated rings. The second-order valence-corrected chi connectivity index (χ2v) is 9.40. The third-order valence-corrected chi connectivity index (χ3v) is 7.11. The zero-order chi connectivity index (χ0) is 24.6. The SMILES string of the molecule is CCC(OC(=O)c1cccc(S(=O)(=O)N(CC)c2ccccc2)c1)C(=O)NCc1ccccc1. The van der Waals surface area contributed by atoms with E-state index in [9.17, 15) is 18.0 Å². The monoisotopic (exact) mass is 480 g/mol. The minimum absolute atomic E-state index is 0.0331. The summed E-state index contributed by atoms with van der Waals surface area (Å²) in [6.07, 6.45) is -0.713. The number of esters is 1. The fourth-order valence-corrected chi connectivity index (χ4v) is 4.93.